The van der Waals surface area contributed by atoms with Crippen LogP contribution in [0.15, 0.2) is 108 Å². The largest absolute Gasteiger partial charge is 0.480 e. The Labute approximate surface area is 255 Å². The van der Waals surface area contributed by atoms with Crippen LogP contribution in [0, 0.1) is 0 Å². The lowest BCUT2D eigenvalue weighted by atomic mass is 10.0. The van der Waals surface area contributed by atoms with Gasteiger partial charge in [0.25, 0.3) is 5.91 Å². The number of para-hydroxylation sites is 1. The van der Waals surface area contributed by atoms with Crippen LogP contribution in [-0.2, 0) is 27.2 Å². The number of esters is 1. The first-order valence-electron chi connectivity index (χ1n) is 13.7. The first-order chi connectivity index (χ1) is 21.1. The molecule has 0 radical (unpaired) electrons. The van der Waals surface area contributed by atoms with Gasteiger partial charge in [-0.3, -0.25) is 9.59 Å². The topological polar surface area (TPSA) is 192 Å². The highest BCUT2D eigenvalue weighted by Crippen LogP contribution is 2.22. The van der Waals surface area contributed by atoms with Crippen LogP contribution in [0.25, 0.3) is 0 Å². The van der Waals surface area contributed by atoms with Gasteiger partial charge in [-0.25, -0.2) is 9.79 Å². The van der Waals surface area contributed by atoms with E-state index in [4.69, 9.17) is 26.7 Å². The average molecular weight is 598 g/mol. The fraction of sp³-hybridized carbons (Fsp3) is 0.152. The molecule has 11 nitrogen and oxygen atoms in total. The summed E-state index contributed by atoms with van der Waals surface area (Å²) in [5, 5.41) is 12.1. The molecule has 4 aromatic carbocycles. The van der Waals surface area contributed by atoms with Crippen molar-refractivity contribution in [3.8, 4) is 11.5 Å². The van der Waals surface area contributed by atoms with Crippen LogP contribution in [-0.4, -0.2) is 41.6 Å². The van der Waals surface area contributed by atoms with Gasteiger partial charge >= 0.3 is 11.9 Å². The molecule has 0 bridgehead atoms. The highest BCUT2D eigenvalue weighted by molar-refractivity contribution is 5.97. The lowest BCUT2D eigenvalue weighted by Crippen LogP contribution is -2.42. The molecule has 0 aliphatic carbocycles. The average Bonchev–Trinajstić information content (AvgIpc) is 2.99. The molecule has 0 heterocycles. The van der Waals surface area contributed by atoms with E-state index in [0.29, 0.717) is 47.0 Å². The first kappa shape index (κ1) is 32.7. The van der Waals surface area contributed by atoms with Gasteiger partial charge in [0.2, 0.25) is 0 Å². The maximum absolute atomic E-state index is 12.5. The molecule has 228 valence electrons. The van der Waals surface area contributed by atoms with E-state index in [1.54, 1.807) is 55.5 Å². The second-order valence-electron chi connectivity index (χ2n) is 9.44. The number of aliphatic imine (C=N–C) groups is 1. The summed E-state index contributed by atoms with van der Waals surface area (Å²) in [5.74, 6) is -0.699. The molecule has 0 aliphatic heterocycles. The normalized spacial score (nSPS) is 10.8. The predicted molar refractivity (Wildman–Crippen MR) is 169 cm³/mol. The Morgan fingerprint density at radius 2 is 1.50 bits per heavy atom. The lowest BCUT2D eigenvalue weighted by molar-refractivity contribution is -0.142. The van der Waals surface area contributed by atoms with Crippen LogP contribution in [0.4, 0.5) is 11.4 Å². The van der Waals surface area contributed by atoms with Crippen molar-refractivity contribution in [2.24, 2.45) is 16.5 Å². The molecule has 8 N–H and O–H groups in total. The summed E-state index contributed by atoms with van der Waals surface area (Å²) in [4.78, 5) is 39.2. The van der Waals surface area contributed by atoms with Crippen molar-refractivity contribution in [1.29, 1.82) is 0 Å². The van der Waals surface area contributed by atoms with Gasteiger partial charge in [-0.15, -0.1) is 0 Å². The Hall–Kier alpha value is -5.84. The number of anilines is 1. The number of carbonyl (C=O) groups is 3. The van der Waals surface area contributed by atoms with E-state index >= 15 is 0 Å². The highest BCUT2D eigenvalue weighted by Gasteiger charge is 2.21. The number of benzene rings is 4. The van der Waals surface area contributed by atoms with Gasteiger partial charge in [0.15, 0.2) is 5.96 Å². The maximum Gasteiger partial charge on any atom is 0.326 e. The number of carbonyl (C=O) groups excluding carboxylic acids is 2. The number of nitrogens with zero attached hydrogens (tertiary/aromatic N) is 1. The quantitative estimate of drug-likeness (QED) is 0.0730. The van der Waals surface area contributed by atoms with Crippen molar-refractivity contribution in [2.45, 2.75) is 25.8 Å². The third-order valence-corrected chi connectivity index (χ3v) is 5.94. The highest BCUT2D eigenvalue weighted by atomic mass is 16.5. The van der Waals surface area contributed by atoms with E-state index < -0.39 is 17.9 Å². The standard InChI is InChI=1S/C23H22N4O4.C10H13NO2/c24-23(25)26-17-11-9-16(10-12-17)21(28)27-20(22(29)30)14-15-5-4-8-19(13-15)31-18-6-2-1-3-7-18;1-2-13-10(12)7-8-3-5-9(11)6-4-8/h1-13,20H,14H2,(H,27,28)(H,29,30)(H4,24,25,26);3-6H,2,7,11H2,1H3/t20-;/m0./s1. The molecule has 0 spiro atoms. The molecular formula is C33H35N5O6. The Morgan fingerprint density at radius 1 is 0.841 bits per heavy atom. The van der Waals surface area contributed by atoms with Crippen LogP contribution < -0.4 is 27.3 Å². The van der Waals surface area contributed by atoms with E-state index in [1.807, 2.05) is 42.5 Å². The van der Waals surface area contributed by atoms with Gasteiger partial charge in [0.05, 0.1) is 18.7 Å². The minimum Gasteiger partial charge on any atom is -0.480 e. The molecule has 4 aromatic rings. The number of carboxylic acids is 1. The van der Waals surface area contributed by atoms with Crippen LogP contribution in [0.3, 0.4) is 0 Å². The van der Waals surface area contributed by atoms with Crippen molar-refractivity contribution < 1.29 is 29.0 Å². The van der Waals surface area contributed by atoms with Crippen LogP contribution in [0.1, 0.15) is 28.4 Å². The molecule has 0 saturated carbocycles. The number of ether oxygens (including phenoxy) is 2. The fourth-order valence-electron chi connectivity index (χ4n) is 3.89. The lowest BCUT2D eigenvalue weighted by Gasteiger charge is -2.15. The molecular weight excluding hydrogens is 562 g/mol. The van der Waals surface area contributed by atoms with E-state index in [2.05, 4.69) is 10.3 Å². The SMILES string of the molecule is CCOC(=O)Cc1ccc(N)cc1.NC(N)=Nc1ccc(C(=O)N[C@@H](Cc2cccc(Oc3ccccc3)c2)C(=O)O)cc1. The number of amides is 1. The predicted octanol–water partition coefficient (Wildman–Crippen LogP) is 4.18. The molecule has 11 heteroatoms. The Bertz CT molecular complexity index is 1550. The van der Waals surface area contributed by atoms with Gasteiger partial charge in [0, 0.05) is 17.7 Å². The molecule has 0 unspecified atom stereocenters. The fourth-order valence-corrected chi connectivity index (χ4v) is 3.89. The molecule has 4 rings (SSSR count). The Morgan fingerprint density at radius 3 is 2.11 bits per heavy atom. The van der Waals surface area contributed by atoms with Gasteiger partial charge in [0.1, 0.15) is 17.5 Å². The van der Waals surface area contributed by atoms with E-state index in [0.717, 1.165) is 5.56 Å². The van der Waals surface area contributed by atoms with Crippen molar-refractivity contribution in [1.82, 2.24) is 5.32 Å². The number of carboxylic acid groups (broad SMARTS) is 1. The smallest absolute Gasteiger partial charge is 0.326 e. The van der Waals surface area contributed by atoms with Crippen molar-refractivity contribution in [2.75, 3.05) is 12.3 Å². The third-order valence-electron chi connectivity index (χ3n) is 5.94. The number of nitrogens with one attached hydrogen (secondary N) is 1. The number of rotatable bonds is 11. The summed E-state index contributed by atoms with van der Waals surface area (Å²) in [5.41, 5.74) is 19.3. The van der Waals surface area contributed by atoms with E-state index in [1.165, 1.54) is 12.1 Å². The van der Waals surface area contributed by atoms with Crippen LogP contribution >= 0.6 is 0 Å². The molecule has 0 saturated heterocycles. The monoisotopic (exact) mass is 597 g/mol. The van der Waals surface area contributed by atoms with E-state index in [9.17, 15) is 19.5 Å². The number of hydrogen-bond acceptors (Lipinski definition) is 7. The van der Waals surface area contributed by atoms with Gasteiger partial charge < -0.3 is 37.1 Å². The summed E-state index contributed by atoms with van der Waals surface area (Å²) < 4.78 is 10.6. The summed E-state index contributed by atoms with van der Waals surface area (Å²) in [6.45, 7) is 2.22. The van der Waals surface area contributed by atoms with Gasteiger partial charge in [-0.1, -0.05) is 42.5 Å². The van der Waals surface area contributed by atoms with Crippen LogP contribution in [0.2, 0.25) is 0 Å². The first-order valence-corrected chi connectivity index (χ1v) is 13.7. The minimum atomic E-state index is -1.14. The zero-order valence-corrected chi connectivity index (χ0v) is 24.2. The second-order valence-corrected chi connectivity index (χ2v) is 9.44. The zero-order chi connectivity index (χ0) is 31.9. The third kappa shape index (κ3) is 11.2. The van der Waals surface area contributed by atoms with Gasteiger partial charge in [-0.05, 0) is 78.7 Å². The summed E-state index contributed by atoms with van der Waals surface area (Å²) in [6.07, 6.45) is 0.410. The van der Waals surface area contributed by atoms with Crippen molar-refractivity contribution in [3.63, 3.8) is 0 Å². The summed E-state index contributed by atoms with van der Waals surface area (Å²) in [6, 6.07) is 28.6. The molecule has 1 amide bonds. The number of hydrogen-bond donors (Lipinski definition) is 5. The molecule has 44 heavy (non-hydrogen) atoms. The molecule has 0 aromatic heterocycles. The van der Waals surface area contributed by atoms with Gasteiger partial charge in [-0.2, -0.15) is 0 Å². The minimum absolute atomic E-state index is 0.0957. The molecule has 0 aliphatic rings. The zero-order valence-electron chi connectivity index (χ0n) is 24.2. The number of nitrogen functional groups attached to an aromatic ring is 1. The summed E-state index contributed by atoms with van der Waals surface area (Å²) in [7, 11) is 0. The number of guanidine groups is 1. The van der Waals surface area contributed by atoms with Crippen molar-refractivity contribution >= 4 is 35.2 Å². The number of nitrogens with two attached hydrogens (primary N) is 3. The second kappa shape index (κ2) is 16.6. The van der Waals surface area contributed by atoms with E-state index in [-0.39, 0.29) is 18.3 Å². The van der Waals surface area contributed by atoms with Crippen LogP contribution in [0.5, 0.6) is 11.5 Å². The molecule has 0 fully saturated rings. The number of aliphatic carboxylic acids is 1. The Kier molecular flexibility index (Phi) is 12.3. The maximum atomic E-state index is 12.5. The summed E-state index contributed by atoms with van der Waals surface area (Å²) >= 11 is 0. The Balaban J connectivity index is 0.000000340. The molecule has 1 atom stereocenters. The van der Waals surface area contributed by atoms with Crippen molar-refractivity contribution in [3.05, 3.63) is 120 Å².